The van der Waals surface area contributed by atoms with Crippen LogP contribution in [0.25, 0.3) is 0 Å². The van der Waals surface area contributed by atoms with Crippen molar-refractivity contribution >= 4 is 46.4 Å². The number of rotatable bonds is 1. The number of hydrogen-bond donors (Lipinski definition) is 0. The number of amides is 1. The van der Waals surface area contributed by atoms with Gasteiger partial charge in [-0.1, -0.05) is 34.8 Å². The van der Waals surface area contributed by atoms with Gasteiger partial charge in [-0.2, -0.15) is 0 Å². The average Bonchev–Trinajstić information content (AvgIpc) is 2.10. The zero-order valence-corrected chi connectivity index (χ0v) is 9.91. The lowest BCUT2D eigenvalue weighted by atomic mass is 10.3. The van der Waals surface area contributed by atoms with Crippen LogP contribution in [0.15, 0.2) is 12.1 Å². The molecule has 5 heteroatoms. The molecule has 0 atom stereocenters. The molecule has 0 aliphatic carbocycles. The van der Waals surface area contributed by atoms with E-state index in [4.69, 9.17) is 34.8 Å². The minimum atomic E-state index is -0.120. The number of nitrogens with zero attached hydrogens (tertiary/aromatic N) is 1. The Morgan fingerprint density at radius 1 is 1.14 bits per heavy atom. The maximum atomic E-state index is 11.1. The van der Waals surface area contributed by atoms with Crippen molar-refractivity contribution in [1.82, 2.24) is 0 Å². The van der Waals surface area contributed by atoms with Crippen LogP contribution in [0.2, 0.25) is 15.1 Å². The third kappa shape index (κ3) is 2.32. The highest BCUT2D eigenvalue weighted by Gasteiger charge is 2.12. The molecule has 0 aliphatic heterocycles. The first-order valence-electron chi connectivity index (χ1n) is 3.82. The molecule has 1 aromatic rings. The van der Waals surface area contributed by atoms with Gasteiger partial charge in [-0.25, -0.2) is 0 Å². The molecule has 0 spiro atoms. The van der Waals surface area contributed by atoms with E-state index in [1.54, 1.807) is 13.1 Å². The monoisotopic (exact) mass is 251 g/mol. The van der Waals surface area contributed by atoms with Gasteiger partial charge in [-0.15, -0.1) is 0 Å². The molecule has 0 heterocycles. The molecular formula is C9H8Cl3NO. The molecule has 1 aromatic carbocycles. The highest BCUT2D eigenvalue weighted by molar-refractivity contribution is 6.44. The zero-order chi connectivity index (χ0) is 10.9. The molecule has 0 bridgehead atoms. The van der Waals surface area contributed by atoms with Crippen LogP contribution >= 0.6 is 34.8 Å². The van der Waals surface area contributed by atoms with Crippen LogP contribution in [0.3, 0.4) is 0 Å². The topological polar surface area (TPSA) is 20.3 Å². The maximum Gasteiger partial charge on any atom is 0.223 e. The second-order valence-electron chi connectivity index (χ2n) is 2.80. The lowest BCUT2D eigenvalue weighted by molar-refractivity contribution is -0.116. The van der Waals surface area contributed by atoms with Gasteiger partial charge < -0.3 is 4.90 Å². The lowest BCUT2D eigenvalue weighted by Gasteiger charge is -2.17. The molecule has 0 unspecified atom stereocenters. The molecule has 0 fully saturated rings. The summed E-state index contributed by atoms with van der Waals surface area (Å²) < 4.78 is 0. The molecule has 1 rings (SSSR count). The average molecular weight is 253 g/mol. The van der Waals surface area contributed by atoms with E-state index in [0.29, 0.717) is 20.8 Å². The Bertz CT molecular complexity index is 379. The smallest absolute Gasteiger partial charge is 0.223 e. The zero-order valence-electron chi connectivity index (χ0n) is 7.64. The molecule has 0 radical (unpaired) electrons. The van der Waals surface area contributed by atoms with E-state index in [1.807, 2.05) is 0 Å². The van der Waals surface area contributed by atoms with E-state index < -0.39 is 0 Å². The number of benzene rings is 1. The van der Waals surface area contributed by atoms with Crippen LogP contribution in [-0.4, -0.2) is 13.0 Å². The van der Waals surface area contributed by atoms with Gasteiger partial charge >= 0.3 is 0 Å². The van der Waals surface area contributed by atoms with E-state index >= 15 is 0 Å². The highest BCUT2D eigenvalue weighted by Crippen LogP contribution is 2.33. The summed E-state index contributed by atoms with van der Waals surface area (Å²) in [5, 5.41) is 1.15. The van der Waals surface area contributed by atoms with Crippen LogP contribution in [0.4, 0.5) is 5.69 Å². The third-order valence-corrected chi connectivity index (χ3v) is 2.85. The number of carbonyl (C=O) groups excluding carboxylic acids is 1. The van der Waals surface area contributed by atoms with Gasteiger partial charge in [-0.3, -0.25) is 4.79 Å². The standard InChI is InChI=1S/C9H8Cl3NO/c1-5(14)13(2)9-4-7(11)6(10)3-8(9)12/h3-4H,1-2H3. The van der Waals surface area contributed by atoms with Crippen molar-refractivity contribution in [3.8, 4) is 0 Å². The van der Waals surface area contributed by atoms with E-state index in [-0.39, 0.29) is 5.91 Å². The SMILES string of the molecule is CC(=O)N(C)c1cc(Cl)c(Cl)cc1Cl. The van der Waals surface area contributed by atoms with Crippen molar-refractivity contribution in [2.24, 2.45) is 0 Å². The molecular weight excluding hydrogens is 244 g/mol. The van der Waals surface area contributed by atoms with Crippen molar-refractivity contribution in [3.05, 3.63) is 27.2 Å². The normalized spacial score (nSPS) is 10.1. The molecule has 0 N–H and O–H groups in total. The number of halogens is 3. The van der Waals surface area contributed by atoms with Crippen LogP contribution < -0.4 is 4.90 Å². The van der Waals surface area contributed by atoms with Crippen molar-refractivity contribution in [1.29, 1.82) is 0 Å². The first-order valence-corrected chi connectivity index (χ1v) is 4.95. The van der Waals surface area contributed by atoms with E-state index in [1.165, 1.54) is 17.9 Å². The molecule has 0 saturated heterocycles. The summed E-state index contributed by atoms with van der Waals surface area (Å²) in [6.07, 6.45) is 0. The fourth-order valence-electron chi connectivity index (χ4n) is 0.939. The van der Waals surface area contributed by atoms with Crippen molar-refractivity contribution in [3.63, 3.8) is 0 Å². The molecule has 14 heavy (non-hydrogen) atoms. The summed E-state index contributed by atoms with van der Waals surface area (Å²) in [5.74, 6) is -0.120. The first-order chi connectivity index (χ1) is 6.43. The summed E-state index contributed by atoms with van der Waals surface area (Å²) >= 11 is 17.5. The second kappa shape index (κ2) is 4.39. The van der Waals surface area contributed by atoms with Gasteiger partial charge in [0, 0.05) is 14.0 Å². The minimum Gasteiger partial charge on any atom is -0.314 e. The number of hydrogen-bond acceptors (Lipinski definition) is 1. The molecule has 0 aliphatic rings. The number of carbonyl (C=O) groups is 1. The van der Waals surface area contributed by atoms with Gasteiger partial charge in [0.1, 0.15) is 0 Å². The lowest BCUT2D eigenvalue weighted by Crippen LogP contribution is -2.23. The van der Waals surface area contributed by atoms with Gasteiger partial charge in [0.25, 0.3) is 0 Å². The largest absolute Gasteiger partial charge is 0.314 e. The summed E-state index contributed by atoms with van der Waals surface area (Å²) in [7, 11) is 1.62. The Morgan fingerprint density at radius 2 is 1.64 bits per heavy atom. The Labute approximate surface area is 97.4 Å². The van der Waals surface area contributed by atoms with E-state index in [9.17, 15) is 4.79 Å². The predicted molar refractivity (Wildman–Crippen MR) is 60.6 cm³/mol. The van der Waals surface area contributed by atoms with Crippen LogP contribution in [0.5, 0.6) is 0 Å². The van der Waals surface area contributed by atoms with Crippen LogP contribution in [0.1, 0.15) is 6.92 Å². The summed E-state index contributed by atoms with van der Waals surface area (Å²) in [6, 6.07) is 3.08. The van der Waals surface area contributed by atoms with Crippen LogP contribution in [-0.2, 0) is 4.79 Å². The fraction of sp³-hybridized carbons (Fsp3) is 0.222. The summed E-state index contributed by atoms with van der Waals surface area (Å²) in [4.78, 5) is 12.5. The second-order valence-corrected chi connectivity index (χ2v) is 4.02. The van der Waals surface area contributed by atoms with E-state index in [0.717, 1.165) is 0 Å². The van der Waals surface area contributed by atoms with E-state index in [2.05, 4.69) is 0 Å². The molecule has 1 amide bonds. The Morgan fingerprint density at radius 3 is 2.14 bits per heavy atom. The quantitative estimate of drug-likeness (QED) is 0.699. The first kappa shape index (κ1) is 11.6. The van der Waals surface area contributed by atoms with Gasteiger partial charge in [0.05, 0.1) is 20.8 Å². The predicted octanol–water partition coefficient (Wildman–Crippen LogP) is 3.63. The van der Waals surface area contributed by atoms with Crippen molar-refractivity contribution < 1.29 is 4.79 Å². The maximum absolute atomic E-state index is 11.1. The minimum absolute atomic E-state index is 0.120. The van der Waals surface area contributed by atoms with Gasteiger partial charge in [-0.05, 0) is 12.1 Å². The van der Waals surface area contributed by atoms with Gasteiger partial charge in [0.2, 0.25) is 5.91 Å². The molecule has 2 nitrogen and oxygen atoms in total. The Hall–Kier alpha value is -0.440. The summed E-state index contributed by atoms with van der Waals surface area (Å²) in [5.41, 5.74) is 0.550. The fourth-order valence-corrected chi connectivity index (χ4v) is 1.61. The van der Waals surface area contributed by atoms with Gasteiger partial charge in [0.15, 0.2) is 0 Å². The molecule has 76 valence electrons. The Kier molecular flexibility index (Phi) is 3.65. The Balaban J connectivity index is 3.22. The molecule has 0 saturated carbocycles. The van der Waals surface area contributed by atoms with Crippen molar-refractivity contribution in [2.75, 3.05) is 11.9 Å². The van der Waals surface area contributed by atoms with Crippen LogP contribution in [0, 0.1) is 0 Å². The highest BCUT2D eigenvalue weighted by atomic mass is 35.5. The third-order valence-electron chi connectivity index (χ3n) is 1.82. The van der Waals surface area contributed by atoms with Crippen molar-refractivity contribution in [2.45, 2.75) is 6.92 Å². The summed E-state index contributed by atoms with van der Waals surface area (Å²) in [6.45, 7) is 1.44. The molecule has 0 aromatic heterocycles. The number of anilines is 1.